The van der Waals surface area contributed by atoms with Gasteiger partial charge in [-0.3, -0.25) is 4.99 Å². The zero-order valence-corrected chi connectivity index (χ0v) is 10.1. The minimum Gasteiger partial charge on any atom is -0.435 e. The van der Waals surface area contributed by atoms with Crippen molar-refractivity contribution in [3.8, 4) is 5.75 Å². The summed E-state index contributed by atoms with van der Waals surface area (Å²) in [6.45, 7) is -1.80. The van der Waals surface area contributed by atoms with E-state index in [1.165, 1.54) is 31.4 Å². The van der Waals surface area contributed by atoms with Crippen LogP contribution in [0.1, 0.15) is 25.7 Å². The predicted molar refractivity (Wildman–Crippen MR) is 66.0 cm³/mol. The van der Waals surface area contributed by atoms with E-state index in [1.54, 1.807) is 12.1 Å². The molecule has 98 valence electrons. The van der Waals surface area contributed by atoms with Crippen molar-refractivity contribution in [3.05, 3.63) is 24.3 Å². The molecule has 2 rings (SSSR count). The van der Waals surface area contributed by atoms with Gasteiger partial charge in [0.05, 0.1) is 6.54 Å². The monoisotopic (exact) mass is 255 g/mol. The van der Waals surface area contributed by atoms with E-state index in [4.69, 9.17) is 0 Å². The lowest BCUT2D eigenvalue weighted by atomic mass is 10.2. The highest BCUT2D eigenvalue weighted by atomic mass is 19.3. The highest BCUT2D eigenvalue weighted by Gasteiger charge is 2.11. The highest BCUT2D eigenvalue weighted by Crippen LogP contribution is 2.17. The number of benzene rings is 1. The van der Waals surface area contributed by atoms with Crippen molar-refractivity contribution >= 4 is 11.5 Å². The van der Waals surface area contributed by atoms with Gasteiger partial charge in [-0.25, -0.2) is 5.32 Å². The molecule has 1 aliphatic rings. The fraction of sp³-hybridized carbons (Fsp3) is 0.462. The number of nitrogens with one attached hydrogen (secondary N) is 2. The maximum atomic E-state index is 12.0. The van der Waals surface area contributed by atoms with Crippen LogP contribution in [0.5, 0.6) is 5.75 Å². The molecule has 1 aliphatic heterocycles. The first-order valence-electron chi connectivity index (χ1n) is 6.15. The van der Waals surface area contributed by atoms with E-state index in [-0.39, 0.29) is 5.75 Å². The largest absolute Gasteiger partial charge is 0.435 e. The molecule has 0 aromatic heterocycles. The number of ether oxygens (including phenoxy) is 1. The van der Waals surface area contributed by atoms with Crippen molar-refractivity contribution in [3.63, 3.8) is 0 Å². The molecule has 0 atom stereocenters. The first-order chi connectivity index (χ1) is 8.74. The van der Waals surface area contributed by atoms with Gasteiger partial charge in [-0.1, -0.05) is 0 Å². The van der Waals surface area contributed by atoms with Gasteiger partial charge < -0.3 is 4.74 Å². The molecule has 1 aromatic rings. The summed E-state index contributed by atoms with van der Waals surface area (Å²) in [6, 6.07) is 6.53. The molecule has 0 unspecified atom stereocenters. The molecule has 0 bridgehead atoms. The van der Waals surface area contributed by atoms with Crippen molar-refractivity contribution in [2.45, 2.75) is 32.3 Å². The summed E-state index contributed by atoms with van der Waals surface area (Å²) in [5, 5.41) is 3.26. The lowest BCUT2D eigenvalue weighted by Gasteiger charge is -2.05. The molecule has 5 heteroatoms. The van der Waals surface area contributed by atoms with Crippen molar-refractivity contribution < 1.29 is 18.5 Å². The van der Waals surface area contributed by atoms with E-state index >= 15 is 0 Å². The van der Waals surface area contributed by atoms with E-state index in [1.807, 2.05) is 0 Å². The molecule has 1 heterocycles. The summed E-state index contributed by atoms with van der Waals surface area (Å²) >= 11 is 0. The average molecular weight is 255 g/mol. The first-order valence-corrected chi connectivity index (χ1v) is 6.15. The number of amidine groups is 1. The molecule has 0 spiro atoms. The summed E-state index contributed by atoms with van der Waals surface area (Å²) in [6.07, 6.45) is 4.59. The Kier molecular flexibility index (Phi) is 4.50. The predicted octanol–water partition coefficient (Wildman–Crippen LogP) is 1.75. The van der Waals surface area contributed by atoms with Crippen LogP contribution in [0.2, 0.25) is 0 Å². The number of rotatable bonds is 3. The molecule has 3 nitrogen and oxygen atoms in total. The Bertz CT molecular complexity index is 404. The molecule has 0 saturated heterocycles. The van der Waals surface area contributed by atoms with Crippen LogP contribution >= 0.6 is 0 Å². The summed E-state index contributed by atoms with van der Waals surface area (Å²) in [4.78, 5) is 3.33. The third-order valence-electron chi connectivity index (χ3n) is 2.82. The smallest absolute Gasteiger partial charge is 0.387 e. The van der Waals surface area contributed by atoms with Crippen molar-refractivity contribution in [1.82, 2.24) is 0 Å². The van der Waals surface area contributed by atoms with E-state index in [0.29, 0.717) is 0 Å². The maximum Gasteiger partial charge on any atom is 0.387 e. The fourth-order valence-electron chi connectivity index (χ4n) is 1.93. The molecule has 0 radical (unpaired) electrons. The average Bonchev–Trinajstić information content (AvgIpc) is 2.60. The quantitative estimate of drug-likeness (QED) is 0.863. The fourth-order valence-corrected chi connectivity index (χ4v) is 1.93. The lowest BCUT2D eigenvalue weighted by molar-refractivity contribution is -0.457. The van der Waals surface area contributed by atoms with Crippen LogP contribution in [-0.4, -0.2) is 19.0 Å². The van der Waals surface area contributed by atoms with Gasteiger partial charge in [0.2, 0.25) is 5.84 Å². The van der Waals surface area contributed by atoms with Gasteiger partial charge in [-0.05, 0) is 43.5 Å². The molecule has 1 aromatic carbocycles. The first kappa shape index (κ1) is 12.8. The molecule has 0 amide bonds. The molecule has 2 N–H and O–H groups in total. The topological polar surface area (TPSA) is 35.2 Å². The normalized spacial score (nSPS) is 16.1. The number of alkyl halides is 2. The van der Waals surface area contributed by atoms with Crippen LogP contribution in [-0.2, 0) is 0 Å². The van der Waals surface area contributed by atoms with Crippen LogP contribution in [0.3, 0.4) is 0 Å². The molecular weight excluding hydrogens is 238 g/mol. The van der Waals surface area contributed by atoms with Gasteiger partial charge in [-0.15, -0.1) is 0 Å². The van der Waals surface area contributed by atoms with Crippen LogP contribution in [0.25, 0.3) is 0 Å². The van der Waals surface area contributed by atoms with E-state index in [2.05, 4.69) is 15.0 Å². The highest BCUT2D eigenvalue weighted by molar-refractivity contribution is 5.91. The Hall–Kier alpha value is -1.65. The minimum atomic E-state index is -2.78. The van der Waals surface area contributed by atoms with Crippen LogP contribution in [0.15, 0.2) is 24.3 Å². The molecule has 0 aliphatic carbocycles. The molecular formula is C13H17F2N2O+. The second-order valence-electron chi connectivity index (χ2n) is 4.24. The van der Waals surface area contributed by atoms with Crippen LogP contribution in [0.4, 0.5) is 14.5 Å². The van der Waals surface area contributed by atoms with E-state index < -0.39 is 6.61 Å². The van der Waals surface area contributed by atoms with Gasteiger partial charge in [0.25, 0.3) is 0 Å². The van der Waals surface area contributed by atoms with Gasteiger partial charge >= 0.3 is 6.61 Å². The van der Waals surface area contributed by atoms with Gasteiger partial charge in [0.15, 0.2) is 0 Å². The van der Waals surface area contributed by atoms with Gasteiger partial charge in [0, 0.05) is 6.42 Å². The summed E-state index contributed by atoms with van der Waals surface area (Å²) in [7, 11) is 0. The number of hydrogen-bond donors (Lipinski definition) is 2. The molecule has 0 fully saturated rings. The number of anilines is 1. The summed E-state index contributed by atoms with van der Waals surface area (Å²) < 4.78 is 28.3. The zero-order valence-electron chi connectivity index (χ0n) is 10.1. The van der Waals surface area contributed by atoms with Gasteiger partial charge in [-0.2, -0.15) is 8.78 Å². The van der Waals surface area contributed by atoms with E-state index in [9.17, 15) is 8.78 Å². The maximum absolute atomic E-state index is 12.0. The second kappa shape index (κ2) is 6.33. The van der Waals surface area contributed by atoms with Crippen molar-refractivity contribution in [2.24, 2.45) is 0 Å². The van der Waals surface area contributed by atoms with Crippen LogP contribution < -0.4 is 15.0 Å². The van der Waals surface area contributed by atoms with Crippen LogP contribution in [0, 0.1) is 0 Å². The Labute approximate surface area is 105 Å². The number of halogens is 2. The van der Waals surface area contributed by atoms with Gasteiger partial charge in [0.1, 0.15) is 11.4 Å². The Morgan fingerprint density at radius 1 is 1.11 bits per heavy atom. The zero-order chi connectivity index (χ0) is 12.8. The van der Waals surface area contributed by atoms with Crippen molar-refractivity contribution in [2.75, 3.05) is 11.9 Å². The van der Waals surface area contributed by atoms with E-state index in [0.717, 1.165) is 24.5 Å². The van der Waals surface area contributed by atoms with Crippen molar-refractivity contribution in [1.29, 1.82) is 0 Å². The second-order valence-corrected chi connectivity index (χ2v) is 4.24. The third kappa shape index (κ3) is 3.98. The Balaban J connectivity index is 1.95. The lowest BCUT2D eigenvalue weighted by Crippen LogP contribution is -2.74. The number of hydrogen-bond acceptors (Lipinski definition) is 2. The Morgan fingerprint density at radius 3 is 2.61 bits per heavy atom. The molecule has 18 heavy (non-hydrogen) atoms. The SMILES string of the molecule is FC(F)Oc1ccc(NC2=[NH+]CCCCC2)cc1. The summed E-state index contributed by atoms with van der Waals surface area (Å²) in [5.74, 6) is 1.27. The standard InChI is InChI=1S/C13H16F2N2O/c14-13(15)18-11-7-5-10(6-8-11)17-12-4-2-1-3-9-16-12/h5-8,13H,1-4,9H2,(H,16,17)/p+1. The summed E-state index contributed by atoms with van der Waals surface area (Å²) in [5.41, 5.74) is 0.876. The molecule has 0 saturated carbocycles. The Morgan fingerprint density at radius 2 is 1.89 bits per heavy atom. The third-order valence-corrected chi connectivity index (χ3v) is 2.82. The minimum absolute atomic E-state index is 0.175.